The molecule has 0 saturated carbocycles. The Morgan fingerprint density at radius 2 is 2.08 bits per heavy atom. The number of carbonyl (C=O) groups excluding carboxylic acids is 1. The normalized spacial score (nSPS) is 13.1. The maximum Gasteiger partial charge on any atom is 0.272 e. The van der Waals surface area contributed by atoms with Crippen LogP contribution in [0.2, 0.25) is 0 Å². The van der Waals surface area contributed by atoms with Gasteiger partial charge in [0.2, 0.25) is 0 Å². The summed E-state index contributed by atoms with van der Waals surface area (Å²) in [6.07, 6.45) is 4.16. The van der Waals surface area contributed by atoms with Crippen LogP contribution in [0.15, 0.2) is 28.7 Å². The fraction of sp³-hybridized carbons (Fsp3) is 0.412. The molecule has 1 aliphatic rings. The Morgan fingerprint density at radius 1 is 1.29 bits per heavy atom. The monoisotopic (exact) mass is 412 g/mol. The van der Waals surface area contributed by atoms with Crippen LogP contribution in [0.25, 0.3) is 5.69 Å². The van der Waals surface area contributed by atoms with Gasteiger partial charge in [0.25, 0.3) is 5.91 Å². The Balaban J connectivity index is 0.00000208. The first-order valence-electron chi connectivity index (χ1n) is 8.00. The van der Waals surface area contributed by atoms with Crippen LogP contribution in [0, 0.1) is 0 Å². The third-order valence-electron chi connectivity index (χ3n) is 4.11. The summed E-state index contributed by atoms with van der Waals surface area (Å²) in [5.74, 6) is -0.0767. The molecule has 0 spiro atoms. The van der Waals surface area contributed by atoms with E-state index in [4.69, 9.17) is 0 Å². The van der Waals surface area contributed by atoms with E-state index >= 15 is 0 Å². The van der Waals surface area contributed by atoms with Crippen molar-refractivity contribution in [1.82, 2.24) is 20.4 Å². The zero-order valence-corrected chi connectivity index (χ0v) is 16.0. The first kappa shape index (κ1) is 19.0. The van der Waals surface area contributed by atoms with E-state index in [1.807, 2.05) is 36.0 Å². The molecule has 1 aromatic carbocycles. The highest BCUT2D eigenvalue weighted by Gasteiger charge is 2.25. The predicted molar refractivity (Wildman–Crippen MR) is 101 cm³/mol. The van der Waals surface area contributed by atoms with E-state index in [0.717, 1.165) is 48.0 Å². The molecular weight excluding hydrogens is 392 g/mol. The molecule has 2 N–H and O–H groups in total. The van der Waals surface area contributed by atoms with Crippen molar-refractivity contribution in [2.24, 2.45) is 0 Å². The summed E-state index contributed by atoms with van der Waals surface area (Å²) in [4.78, 5) is 12.5. The summed E-state index contributed by atoms with van der Waals surface area (Å²) in [5, 5.41) is 10.6. The molecule has 3 rings (SSSR count). The zero-order valence-electron chi connectivity index (χ0n) is 13.6. The lowest BCUT2D eigenvalue weighted by molar-refractivity contribution is 0.0947. The molecule has 2 aromatic rings. The van der Waals surface area contributed by atoms with Crippen molar-refractivity contribution in [3.05, 3.63) is 45.7 Å². The van der Waals surface area contributed by atoms with Crippen LogP contribution in [0.1, 0.15) is 34.6 Å². The van der Waals surface area contributed by atoms with Gasteiger partial charge >= 0.3 is 0 Å². The Hall–Kier alpha value is -1.37. The molecule has 0 fully saturated rings. The molecule has 0 unspecified atom stereocenters. The van der Waals surface area contributed by atoms with Gasteiger partial charge in [-0.15, -0.1) is 12.4 Å². The number of rotatable bonds is 5. The topological polar surface area (TPSA) is 58.9 Å². The van der Waals surface area contributed by atoms with Crippen molar-refractivity contribution in [2.45, 2.75) is 25.7 Å². The Kier molecular flexibility index (Phi) is 6.83. The second-order valence-corrected chi connectivity index (χ2v) is 6.65. The van der Waals surface area contributed by atoms with Crippen LogP contribution in [-0.4, -0.2) is 35.8 Å². The van der Waals surface area contributed by atoms with Crippen LogP contribution < -0.4 is 10.6 Å². The van der Waals surface area contributed by atoms with Gasteiger partial charge < -0.3 is 10.6 Å². The molecule has 0 atom stereocenters. The molecule has 7 heteroatoms. The molecule has 0 bridgehead atoms. The first-order chi connectivity index (χ1) is 11.2. The van der Waals surface area contributed by atoms with E-state index < -0.39 is 0 Å². The number of benzene rings is 1. The standard InChI is InChI=1S/C17H21BrN4O.ClH/c1-19-9-10-20-17(23)16-14-7-2-3-8-15(14)22(21-16)13-6-4-5-12(18)11-13;/h4-6,11,19H,2-3,7-10H2,1H3,(H,20,23);1H. The minimum absolute atomic E-state index is 0. The first-order valence-corrected chi connectivity index (χ1v) is 8.79. The summed E-state index contributed by atoms with van der Waals surface area (Å²) >= 11 is 3.51. The van der Waals surface area contributed by atoms with Gasteiger partial charge in [-0.1, -0.05) is 22.0 Å². The number of fused-ring (bicyclic) bond motifs is 1. The summed E-state index contributed by atoms with van der Waals surface area (Å²) in [6.45, 7) is 1.36. The number of likely N-dealkylation sites (N-methyl/N-ethyl adjacent to an activating group) is 1. The second-order valence-electron chi connectivity index (χ2n) is 5.73. The van der Waals surface area contributed by atoms with Gasteiger partial charge in [0, 0.05) is 28.8 Å². The zero-order chi connectivity index (χ0) is 16.2. The van der Waals surface area contributed by atoms with Gasteiger partial charge in [0.05, 0.1) is 5.69 Å². The molecule has 5 nitrogen and oxygen atoms in total. The average Bonchev–Trinajstić information content (AvgIpc) is 2.95. The highest BCUT2D eigenvalue weighted by molar-refractivity contribution is 9.10. The summed E-state index contributed by atoms with van der Waals surface area (Å²) in [5.41, 5.74) is 3.86. The third kappa shape index (κ3) is 3.99. The maximum atomic E-state index is 12.5. The van der Waals surface area contributed by atoms with E-state index in [1.165, 1.54) is 5.69 Å². The van der Waals surface area contributed by atoms with Crippen molar-refractivity contribution < 1.29 is 4.79 Å². The quantitative estimate of drug-likeness (QED) is 0.741. The molecule has 130 valence electrons. The van der Waals surface area contributed by atoms with E-state index in [9.17, 15) is 4.79 Å². The van der Waals surface area contributed by atoms with Gasteiger partial charge in [-0.05, 0) is 50.9 Å². The molecule has 0 aliphatic heterocycles. The van der Waals surface area contributed by atoms with Gasteiger partial charge in [0.15, 0.2) is 5.69 Å². The lowest BCUT2D eigenvalue weighted by Crippen LogP contribution is -2.31. The molecular formula is C17H22BrClN4O. The molecule has 24 heavy (non-hydrogen) atoms. The van der Waals surface area contributed by atoms with Gasteiger partial charge in [-0.2, -0.15) is 5.10 Å². The molecule has 0 saturated heterocycles. The highest BCUT2D eigenvalue weighted by atomic mass is 79.9. The van der Waals surface area contributed by atoms with Gasteiger partial charge in [-0.3, -0.25) is 4.79 Å². The minimum atomic E-state index is -0.0767. The van der Waals surface area contributed by atoms with Gasteiger partial charge in [-0.25, -0.2) is 4.68 Å². The Morgan fingerprint density at radius 3 is 2.83 bits per heavy atom. The fourth-order valence-corrected chi connectivity index (χ4v) is 3.37. The van der Waals surface area contributed by atoms with Crippen molar-refractivity contribution in [3.8, 4) is 5.69 Å². The molecule has 1 heterocycles. The second kappa shape index (κ2) is 8.65. The molecule has 1 aliphatic carbocycles. The number of nitrogens with zero attached hydrogens (tertiary/aromatic N) is 2. The van der Waals surface area contributed by atoms with E-state index in [2.05, 4.69) is 31.7 Å². The van der Waals surface area contributed by atoms with Crippen LogP contribution >= 0.6 is 28.3 Å². The van der Waals surface area contributed by atoms with Crippen LogP contribution in [0.3, 0.4) is 0 Å². The largest absolute Gasteiger partial charge is 0.349 e. The average molecular weight is 414 g/mol. The smallest absolute Gasteiger partial charge is 0.272 e. The van der Waals surface area contributed by atoms with Crippen molar-refractivity contribution in [2.75, 3.05) is 20.1 Å². The number of hydrogen-bond acceptors (Lipinski definition) is 3. The summed E-state index contributed by atoms with van der Waals surface area (Å²) < 4.78 is 2.95. The van der Waals surface area contributed by atoms with Crippen molar-refractivity contribution in [3.63, 3.8) is 0 Å². The molecule has 1 aromatic heterocycles. The molecule has 0 radical (unpaired) electrons. The number of halogens is 2. The Labute approximate surface area is 156 Å². The van der Waals surface area contributed by atoms with E-state index in [-0.39, 0.29) is 18.3 Å². The Bertz CT molecular complexity index is 717. The lowest BCUT2D eigenvalue weighted by atomic mass is 9.95. The number of carbonyl (C=O) groups is 1. The number of nitrogens with one attached hydrogen (secondary N) is 2. The molecule has 1 amide bonds. The number of amides is 1. The van der Waals surface area contributed by atoms with Gasteiger partial charge in [0.1, 0.15) is 0 Å². The van der Waals surface area contributed by atoms with Crippen LogP contribution in [0.5, 0.6) is 0 Å². The van der Waals surface area contributed by atoms with E-state index in [0.29, 0.717) is 12.2 Å². The van der Waals surface area contributed by atoms with Crippen LogP contribution in [0.4, 0.5) is 0 Å². The maximum absolute atomic E-state index is 12.5. The lowest BCUT2D eigenvalue weighted by Gasteiger charge is -2.14. The van der Waals surface area contributed by atoms with Crippen molar-refractivity contribution >= 4 is 34.2 Å². The third-order valence-corrected chi connectivity index (χ3v) is 4.60. The van der Waals surface area contributed by atoms with Crippen LogP contribution in [-0.2, 0) is 12.8 Å². The fourth-order valence-electron chi connectivity index (χ4n) is 2.99. The predicted octanol–water partition coefficient (Wildman–Crippen LogP) is 2.88. The number of aromatic nitrogens is 2. The summed E-state index contributed by atoms with van der Waals surface area (Å²) in [6, 6.07) is 8.04. The minimum Gasteiger partial charge on any atom is -0.349 e. The summed E-state index contributed by atoms with van der Waals surface area (Å²) in [7, 11) is 1.87. The van der Waals surface area contributed by atoms with E-state index in [1.54, 1.807) is 0 Å². The highest BCUT2D eigenvalue weighted by Crippen LogP contribution is 2.27. The van der Waals surface area contributed by atoms with Crippen molar-refractivity contribution in [1.29, 1.82) is 0 Å². The number of hydrogen-bond donors (Lipinski definition) is 2. The SMILES string of the molecule is CNCCNC(=O)c1nn(-c2cccc(Br)c2)c2c1CCCC2.Cl.